The molecule has 1 amide bonds. The summed E-state index contributed by atoms with van der Waals surface area (Å²) in [5.74, 6) is 0.0240. The molecule has 5 heteroatoms. The number of carbonyl (C=O) groups excluding carboxylic acids is 1. The molecule has 2 N–H and O–H groups in total. The second kappa shape index (κ2) is 8.11. The van der Waals surface area contributed by atoms with Gasteiger partial charge in [0.05, 0.1) is 19.2 Å². The highest BCUT2D eigenvalue weighted by molar-refractivity contribution is 5.96. The number of morpholine rings is 1. The molecule has 0 spiro atoms. The molecule has 4 nitrogen and oxygen atoms in total. The van der Waals surface area contributed by atoms with Crippen molar-refractivity contribution in [1.29, 1.82) is 0 Å². The van der Waals surface area contributed by atoms with Crippen LogP contribution in [-0.2, 0) is 4.74 Å². The molecule has 2 aromatic carbocycles. The van der Waals surface area contributed by atoms with Gasteiger partial charge in [-0.25, -0.2) is 0 Å². The highest BCUT2D eigenvalue weighted by Gasteiger charge is 2.32. The summed E-state index contributed by atoms with van der Waals surface area (Å²) in [5.41, 5.74) is 11.7. The Kier molecular flexibility index (Phi) is 6.32. The molecule has 26 heavy (non-hydrogen) atoms. The number of benzene rings is 2. The van der Waals surface area contributed by atoms with Gasteiger partial charge in [-0.05, 0) is 56.5 Å². The van der Waals surface area contributed by atoms with Crippen molar-refractivity contribution in [3.63, 3.8) is 0 Å². The summed E-state index contributed by atoms with van der Waals surface area (Å²) < 4.78 is 6.06. The van der Waals surface area contributed by atoms with Gasteiger partial charge in [-0.3, -0.25) is 4.79 Å². The maximum absolute atomic E-state index is 13.1. The van der Waals surface area contributed by atoms with E-state index in [-0.39, 0.29) is 30.5 Å². The van der Waals surface area contributed by atoms with E-state index < -0.39 is 0 Å². The van der Waals surface area contributed by atoms with Crippen molar-refractivity contribution < 1.29 is 9.53 Å². The molecular weight excluding hydrogens is 348 g/mol. The molecule has 0 bridgehead atoms. The highest BCUT2D eigenvalue weighted by atomic mass is 35.5. The number of rotatable bonds is 2. The molecule has 0 radical (unpaired) electrons. The molecule has 3 rings (SSSR count). The van der Waals surface area contributed by atoms with Crippen LogP contribution in [0.15, 0.2) is 36.4 Å². The van der Waals surface area contributed by atoms with Gasteiger partial charge in [0.2, 0.25) is 0 Å². The summed E-state index contributed by atoms with van der Waals surface area (Å²) in [4.78, 5) is 15.0. The molecule has 1 fully saturated rings. The van der Waals surface area contributed by atoms with Crippen molar-refractivity contribution in [3.05, 3.63) is 64.2 Å². The number of carbonyl (C=O) groups is 1. The summed E-state index contributed by atoms with van der Waals surface area (Å²) in [6.45, 7) is 9.22. The van der Waals surface area contributed by atoms with E-state index in [2.05, 4.69) is 32.0 Å². The summed E-state index contributed by atoms with van der Waals surface area (Å²) in [7, 11) is 0. The van der Waals surface area contributed by atoms with Crippen LogP contribution in [0.4, 0.5) is 5.69 Å². The van der Waals surface area contributed by atoms with E-state index in [0.29, 0.717) is 24.4 Å². The SMILES string of the molecule is Cc1ccc(C)c(C2CN(C(=O)c3cc(N)ccc3C)C(C)CO2)c1.Cl. The van der Waals surface area contributed by atoms with Crippen LogP contribution in [0.1, 0.15) is 45.6 Å². The van der Waals surface area contributed by atoms with Crippen LogP contribution in [-0.4, -0.2) is 30.0 Å². The molecule has 0 aromatic heterocycles. The van der Waals surface area contributed by atoms with E-state index in [4.69, 9.17) is 10.5 Å². The number of aryl methyl sites for hydroxylation is 3. The van der Waals surface area contributed by atoms with Gasteiger partial charge < -0.3 is 15.4 Å². The first-order chi connectivity index (χ1) is 11.9. The van der Waals surface area contributed by atoms with Crippen LogP contribution >= 0.6 is 12.4 Å². The third kappa shape index (κ3) is 4.02. The van der Waals surface area contributed by atoms with Crippen molar-refractivity contribution in [3.8, 4) is 0 Å². The van der Waals surface area contributed by atoms with Crippen molar-refractivity contribution in [2.24, 2.45) is 0 Å². The van der Waals surface area contributed by atoms with Crippen LogP contribution < -0.4 is 5.73 Å². The normalized spacial score (nSPS) is 19.8. The Hall–Kier alpha value is -2.04. The van der Waals surface area contributed by atoms with Gasteiger partial charge in [0.1, 0.15) is 6.10 Å². The molecule has 1 heterocycles. The lowest BCUT2D eigenvalue weighted by Gasteiger charge is -2.39. The second-order valence-electron chi connectivity index (χ2n) is 7.06. The average molecular weight is 375 g/mol. The van der Waals surface area contributed by atoms with E-state index >= 15 is 0 Å². The molecule has 2 atom stereocenters. The fraction of sp³-hybridized carbons (Fsp3) is 0.381. The topological polar surface area (TPSA) is 55.6 Å². The lowest BCUT2D eigenvalue weighted by atomic mass is 9.98. The van der Waals surface area contributed by atoms with Gasteiger partial charge in [0.15, 0.2) is 0 Å². The quantitative estimate of drug-likeness (QED) is 0.801. The van der Waals surface area contributed by atoms with Gasteiger partial charge in [-0.1, -0.05) is 29.8 Å². The first kappa shape index (κ1) is 20.3. The second-order valence-corrected chi connectivity index (χ2v) is 7.06. The van der Waals surface area contributed by atoms with Crippen LogP contribution in [0.5, 0.6) is 0 Å². The third-order valence-electron chi connectivity index (χ3n) is 4.97. The van der Waals surface area contributed by atoms with Crippen molar-refractivity contribution in [2.75, 3.05) is 18.9 Å². The number of nitrogens with two attached hydrogens (primary N) is 1. The monoisotopic (exact) mass is 374 g/mol. The number of halogens is 1. The molecule has 0 aliphatic carbocycles. The highest BCUT2D eigenvalue weighted by Crippen LogP contribution is 2.29. The summed E-state index contributed by atoms with van der Waals surface area (Å²) in [6.07, 6.45) is -0.0959. The number of hydrogen-bond acceptors (Lipinski definition) is 3. The standard InChI is InChI=1S/C21H26N2O2.ClH/c1-13-5-6-14(2)18(9-13)20-11-23(16(4)12-25-20)21(24)19-10-17(22)8-7-15(19)3;/h5-10,16,20H,11-12,22H2,1-4H3;1H. The van der Waals surface area contributed by atoms with Gasteiger partial charge >= 0.3 is 0 Å². The largest absolute Gasteiger partial charge is 0.399 e. The Balaban J connectivity index is 0.00000243. The Morgan fingerprint density at radius 2 is 1.81 bits per heavy atom. The molecule has 1 aliphatic heterocycles. The molecule has 2 aromatic rings. The molecule has 1 aliphatic rings. The smallest absolute Gasteiger partial charge is 0.254 e. The molecular formula is C21H27ClN2O2. The number of anilines is 1. The number of hydrogen-bond donors (Lipinski definition) is 1. The lowest BCUT2D eigenvalue weighted by Crippen LogP contribution is -2.48. The maximum atomic E-state index is 13.1. The zero-order valence-electron chi connectivity index (χ0n) is 15.8. The minimum absolute atomic E-state index is 0. The van der Waals surface area contributed by atoms with Gasteiger partial charge in [-0.2, -0.15) is 0 Å². The first-order valence-electron chi connectivity index (χ1n) is 8.72. The maximum Gasteiger partial charge on any atom is 0.254 e. The van der Waals surface area contributed by atoms with E-state index in [9.17, 15) is 4.79 Å². The van der Waals surface area contributed by atoms with Crippen LogP contribution in [0.25, 0.3) is 0 Å². The van der Waals surface area contributed by atoms with Crippen LogP contribution in [0, 0.1) is 20.8 Å². The Morgan fingerprint density at radius 1 is 1.12 bits per heavy atom. The minimum atomic E-state index is -0.0959. The van der Waals surface area contributed by atoms with Crippen LogP contribution in [0.2, 0.25) is 0 Å². The lowest BCUT2D eigenvalue weighted by molar-refractivity contribution is -0.0489. The third-order valence-corrected chi connectivity index (χ3v) is 4.97. The molecule has 0 saturated carbocycles. The fourth-order valence-corrected chi connectivity index (χ4v) is 3.36. The van der Waals surface area contributed by atoms with Crippen molar-refractivity contribution in [1.82, 2.24) is 4.90 Å². The van der Waals surface area contributed by atoms with Gasteiger partial charge in [-0.15, -0.1) is 12.4 Å². The summed E-state index contributed by atoms with van der Waals surface area (Å²) in [5, 5.41) is 0. The van der Waals surface area contributed by atoms with E-state index in [1.54, 1.807) is 6.07 Å². The predicted octanol–water partition coefficient (Wildman–Crippen LogP) is 4.22. The number of nitrogens with zero attached hydrogens (tertiary/aromatic N) is 1. The first-order valence-corrected chi connectivity index (χ1v) is 8.72. The molecule has 1 saturated heterocycles. The van der Waals surface area contributed by atoms with E-state index in [0.717, 1.165) is 11.1 Å². The van der Waals surface area contributed by atoms with Gasteiger partial charge in [0.25, 0.3) is 5.91 Å². The molecule has 140 valence electrons. The van der Waals surface area contributed by atoms with Gasteiger partial charge in [0, 0.05) is 11.3 Å². The number of nitrogen functional groups attached to an aromatic ring is 1. The molecule has 2 unspecified atom stereocenters. The number of amides is 1. The summed E-state index contributed by atoms with van der Waals surface area (Å²) >= 11 is 0. The minimum Gasteiger partial charge on any atom is -0.399 e. The fourth-order valence-electron chi connectivity index (χ4n) is 3.36. The Labute approximate surface area is 161 Å². The van der Waals surface area contributed by atoms with Crippen LogP contribution in [0.3, 0.4) is 0 Å². The predicted molar refractivity (Wildman–Crippen MR) is 108 cm³/mol. The Bertz CT molecular complexity index is 807. The Morgan fingerprint density at radius 3 is 2.54 bits per heavy atom. The average Bonchev–Trinajstić information content (AvgIpc) is 2.59. The van der Waals surface area contributed by atoms with Crippen molar-refractivity contribution in [2.45, 2.75) is 39.8 Å². The summed E-state index contributed by atoms with van der Waals surface area (Å²) in [6, 6.07) is 11.9. The van der Waals surface area contributed by atoms with Crippen molar-refractivity contribution >= 4 is 24.0 Å². The number of ether oxygens (including phenoxy) is 1. The van der Waals surface area contributed by atoms with E-state index in [1.165, 1.54) is 11.1 Å². The zero-order chi connectivity index (χ0) is 18.1. The zero-order valence-corrected chi connectivity index (χ0v) is 16.6. The van der Waals surface area contributed by atoms with E-state index in [1.807, 2.05) is 30.9 Å².